The first-order chi connectivity index (χ1) is 17.6. The Morgan fingerprint density at radius 3 is 1.97 bits per heavy atom. The van der Waals surface area contributed by atoms with Gasteiger partial charge in [-0.2, -0.15) is 13.2 Å². The molecule has 3 aromatic carbocycles. The SMILES string of the molecule is C/C=C/C1CCC(c2ccc(-c3ccc(CCc4cc(F)c(C(F)(F)F)c(F)c4)c(F)c3F)cc2)CC1. The summed E-state index contributed by atoms with van der Waals surface area (Å²) < 4.78 is 95.6. The van der Waals surface area contributed by atoms with Crippen LogP contribution in [-0.4, -0.2) is 0 Å². The second-order valence-corrected chi connectivity index (χ2v) is 9.59. The van der Waals surface area contributed by atoms with Gasteiger partial charge in [-0.05, 0) is 91.7 Å². The number of rotatable bonds is 6. The van der Waals surface area contributed by atoms with Gasteiger partial charge in [0, 0.05) is 5.56 Å². The van der Waals surface area contributed by atoms with Gasteiger partial charge in [-0.1, -0.05) is 48.6 Å². The maximum atomic E-state index is 14.9. The number of alkyl halides is 3. The smallest absolute Gasteiger partial charge is 0.206 e. The molecule has 0 N–H and O–H groups in total. The standard InChI is InChI=1S/C30H27F7/c1-2-3-18-4-7-20(8-5-18)21-10-12-22(13-11-21)24-15-14-23(28(33)29(24)34)9-6-19-16-25(31)27(26(32)17-19)30(35,36)37/h2-3,10-18,20H,4-9H2,1H3/b3-2+. The fourth-order valence-electron chi connectivity index (χ4n) is 5.18. The molecule has 1 fully saturated rings. The predicted molar refractivity (Wildman–Crippen MR) is 130 cm³/mol. The summed E-state index contributed by atoms with van der Waals surface area (Å²) in [5.74, 6) is -4.54. The molecule has 0 unspecified atom stereocenters. The van der Waals surface area contributed by atoms with Crippen LogP contribution < -0.4 is 0 Å². The molecule has 0 saturated heterocycles. The summed E-state index contributed by atoms with van der Waals surface area (Å²) in [5, 5.41) is 0. The molecule has 4 rings (SSSR count). The third kappa shape index (κ3) is 6.08. The molecule has 1 saturated carbocycles. The van der Waals surface area contributed by atoms with Crippen LogP contribution in [0.2, 0.25) is 0 Å². The zero-order valence-electron chi connectivity index (χ0n) is 20.3. The van der Waals surface area contributed by atoms with Crippen LogP contribution in [0.3, 0.4) is 0 Å². The van der Waals surface area contributed by atoms with Gasteiger partial charge < -0.3 is 0 Å². The van der Waals surface area contributed by atoms with E-state index < -0.39 is 35.0 Å². The highest BCUT2D eigenvalue weighted by Gasteiger charge is 2.37. The zero-order chi connectivity index (χ0) is 26.7. The van der Waals surface area contributed by atoms with E-state index in [0.717, 1.165) is 25.7 Å². The van der Waals surface area contributed by atoms with Crippen molar-refractivity contribution in [3.05, 3.63) is 106 Å². The Labute approximate surface area is 211 Å². The van der Waals surface area contributed by atoms with Crippen LogP contribution in [-0.2, 0) is 19.0 Å². The fraction of sp³-hybridized carbons (Fsp3) is 0.333. The van der Waals surface area contributed by atoms with Crippen molar-refractivity contribution in [3.63, 3.8) is 0 Å². The molecule has 3 aromatic rings. The Hall–Kier alpha value is -3.09. The van der Waals surface area contributed by atoms with Crippen molar-refractivity contribution < 1.29 is 30.7 Å². The van der Waals surface area contributed by atoms with E-state index in [-0.39, 0.29) is 29.5 Å². The van der Waals surface area contributed by atoms with Crippen LogP contribution in [0.5, 0.6) is 0 Å². The number of aryl methyl sites for hydroxylation is 2. The molecule has 0 aromatic heterocycles. The van der Waals surface area contributed by atoms with E-state index in [9.17, 15) is 30.7 Å². The van der Waals surface area contributed by atoms with E-state index >= 15 is 0 Å². The Kier molecular flexibility index (Phi) is 8.10. The average Bonchev–Trinajstić information content (AvgIpc) is 2.84. The van der Waals surface area contributed by atoms with Crippen LogP contribution in [0.4, 0.5) is 30.7 Å². The average molecular weight is 521 g/mol. The van der Waals surface area contributed by atoms with Gasteiger partial charge in [0.1, 0.15) is 17.2 Å². The predicted octanol–water partition coefficient (Wildman–Crippen LogP) is 9.56. The fourth-order valence-corrected chi connectivity index (χ4v) is 5.18. The first kappa shape index (κ1) is 27.0. The van der Waals surface area contributed by atoms with E-state index in [4.69, 9.17) is 0 Å². The van der Waals surface area contributed by atoms with E-state index in [1.807, 2.05) is 19.1 Å². The number of halogens is 7. The number of benzene rings is 3. The highest BCUT2D eigenvalue weighted by atomic mass is 19.4. The quantitative estimate of drug-likeness (QED) is 0.224. The lowest BCUT2D eigenvalue weighted by Gasteiger charge is -2.27. The molecule has 1 aliphatic rings. The maximum absolute atomic E-state index is 14.9. The molecule has 0 bridgehead atoms. The van der Waals surface area contributed by atoms with Crippen LogP contribution in [0.25, 0.3) is 11.1 Å². The Morgan fingerprint density at radius 2 is 1.41 bits per heavy atom. The minimum atomic E-state index is -5.17. The van der Waals surface area contributed by atoms with Gasteiger partial charge in [-0.15, -0.1) is 0 Å². The van der Waals surface area contributed by atoms with Crippen LogP contribution >= 0.6 is 0 Å². The monoisotopic (exact) mass is 520 g/mol. The molecule has 196 valence electrons. The first-order valence-corrected chi connectivity index (χ1v) is 12.3. The molecule has 37 heavy (non-hydrogen) atoms. The van der Waals surface area contributed by atoms with Crippen molar-refractivity contribution in [2.75, 3.05) is 0 Å². The third-order valence-electron chi connectivity index (χ3n) is 7.16. The number of allylic oxidation sites excluding steroid dienone is 2. The first-order valence-electron chi connectivity index (χ1n) is 12.3. The Bertz CT molecular complexity index is 1240. The second kappa shape index (κ2) is 11.1. The van der Waals surface area contributed by atoms with Crippen LogP contribution in [0.1, 0.15) is 60.8 Å². The van der Waals surface area contributed by atoms with Gasteiger partial charge >= 0.3 is 6.18 Å². The molecular formula is C30H27F7. The summed E-state index contributed by atoms with van der Waals surface area (Å²) in [5.41, 5.74) is -0.280. The summed E-state index contributed by atoms with van der Waals surface area (Å²) in [6, 6.07) is 11.4. The topological polar surface area (TPSA) is 0 Å². The van der Waals surface area contributed by atoms with E-state index in [1.54, 1.807) is 12.1 Å². The summed E-state index contributed by atoms with van der Waals surface area (Å²) in [4.78, 5) is 0. The van der Waals surface area contributed by atoms with Gasteiger partial charge in [0.2, 0.25) is 0 Å². The molecular weight excluding hydrogens is 493 g/mol. The third-order valence-corrected chi connectivity index (χ3v) is 7.16. The number of hydrogen-bond acceptors (Lipinski definition) is 0. The Morgan fingerprint density at radius 1 is 0.784 bits per heavy atom. The molecule has 0 heterocycles. The minimum Gasteiger partial charge on any atom is -0.206 e. The van der Waals surface area contributed by atoms with Crippen LogP contribution in [0, 0.1) is 29.2 Å². The largest absolute Gasteiger partial charge is 0.422 e. The van der Waals surface area contributed by atoms with Gasteiger partial charge in [0.15, 0.2) is 11.6 Å². The summed E-state index contributed by atoms with van der Waals surface area (Å²) >= 11 is 0. The molecule has 0 aliphatic heterocycles. The van der Waals surface area contributed by atoms with Crippen molar-refractivity contribution >= 4 is 0 Å². The lowest BCUT2D eigenvalue weighted by Crippen LogP contribution is -2.12. The molecule has 1 aliphatic carbocycles. The molecule has 0 atom stereocenters. The highest BCUT2D eigenvalue weighted by Crippen LogP contribution is 2.38. The van der Waals surface area contributed by atoms with Crippen molar-refractivity contribution in [2.24, 2.45) is 5.92 Å². The molecule has 0 spiro atoms. The lowest BCUT2D eigenvalue weighted by molar-refractivity contribution is -0.142. The maximum Gasteiger partial charge on any atom is 0.422 e. The van der Waals surface area contributed by atoms with Gasteiger partial charge in [-0.3, -0.25) is 0 Å². The van der Waals surface area contributed by atoms with E-state index in [0.29, 0.717) is 29.5 Å². The van der Waals surface area contributed by atoms with Gasteiger partial charge in [0.25, 0.3) is 0 Å². The van der Waals surface area contributed by atoms with Gasteiger partial charge in [0.05, 0.1) is 0 Å². The normalized spacial score (nSPS) is 18.5. The Balaban J connectivity index is 1.46. The minimum absolute atomic E-state index is 0.0310. The zero-order valence-corrected chi connectivity index (χ0v) is 20.3. The highest BCUT2D eigenvalue weighted by molar-refractivity contribution is 5.65. The second-order valence-electron chi connectivity index (χ2n) is 9.59. The van der Waals surface area contributed by atoms with E-state index in [1.165, 1.54) is 17.7 Å². The molecule has 7 heteroatoms. The molecule has 0 nitrogen and oxygen atoms in total. The lowest BCUT2D eigenvalue weighted by atomic mass is 9.78. The molecule has 0 amide bonds. The van der Waals surface area contributed by atoms with Gasteiger partial charge in [-0.25, -0.2) is 17.6 Å². The number of hydrogen-bond donors (Lipinski definition) is 0. The van der Waals surface area contributed by atoms with Crippen LogP contribution in [0.15, 0.2) is 60.7 Å². The molecule has 0 radical (unpaired) electrons. The van der Waals surface area contributed by atoms with Crippen molar-refractivity contribution in [3.8, 4) is 11.1 Å². The van der Waals surface area contributed by atoms with E-state index in [2.05, 4.69) is 12.2 Å². The van der Waals surface area contributed by atoms with Crippen molar-refractivity contribution in [1.82, 2.24) is 0 Å². The summed E-state index contributed by atoms with van der Waals surface area (Å²) in [6.07, 6.45) is 3.30. The summed E-state index contributed by atoms with van der Waals surface area (Å²) in [7, 11) is 0. The summed E-state index contributed by atoms with van der Waals surface area (Å²) in [6.45, 7) is 2.03. The van der Waals surface area contributed by atoms with Crippen molar-refractivity contribution in [1.29, 1.82) is 0 Å². The van der Waals surface area contributed by atoms with Crippen molar-refractivity contribution in [2.45, 2.75) is 57.5 Å².